The molecule has 3 heterocycles. The largest absolute Gasteiger partial charge is 0.376 e. The summed E-state index contributed by atoms with van der Waals surface area (Å²) in [6.07, 6.45) is 2.43. The van der Waals surface area contributed by atoms with Crippen molar-refractivity contribution in [2.24, 2.45) is 0 Å². The molecular weight excluding hydrogens is 362 g/mol. The summed E-state index contributed by atoms with van der Waals surface area (Å²) >= 11 is 6.16. The van der Waals surface area contributed by atoms with Crippen LogP contribution in [0, 0.1) is 0 Å². The Kier molecular flexibility index (Phi) is 4.14. The van der Waals surface area contributed by atoms with E-state index >= 15 is 0 Å². The molecule has 136 valence electrons. The summed E-state index contributed by atoms with van der Waals surface area (Å²) < 4.78 is 7.51. The molecule has 0 unspecified atom stereocenters. The highest BCUT2D eigenvalue weighted by molar-refractivity contribution is 6.30. The van der Waals surface area contributed by atoms with Crippen LogP contribution in [0.5, 0.6) is 0 Å². The second-order valence-corrected chi connectivity index (χ2v) is 7.11. The molecule has 1 saturated heterocycles. The molecule has 0 spiro atoms. The van der Waals surface area contributed by atoms with E-state index in [0.29, 0.717) is 16.4 Å². The molecular formula is C20H18ClN5O. The summed E-state index contributed by atoms with van der Waals surface area (Å²) in [7, 11) is 0. The number of benzene rings is 2. The average molecular weight is 380 g/mol. The Morgan fingerprint density at radius 2 is 2.11 bits per heavy atom. The third kappa shape index (κ3) is 3.01. The summed E-state index contributed by atoms with van der Waals surface area (Å²) in [5.74, 6) is 0.819. The maximum atomic E-state index is 6.16. The fraction of sp³-hybridized carbons (Fsp3) is 0.250. The molecule has 4 aromatic rings. The minimum absolute atomic E-state index is 0.234. The predicted molar refractivity (Wildman–Crippen MR) is 106 cm³/mol. The number of fused-ring (bicyclic) bond motifs is 3. The van der Waals surface area contributed by atoms with Gasteiger partial charge in [0.25, 0.3) is 0 Å². The molecule has 0 aliphatic carbocycles. The third-order valence-corrected chi connectivity index (χ3v) is 5.11. The van der Waals surface area contributed by atoms with Crippen molar-refractivity contribution in [2.75, 3.05) is 18.5 Å². The lowest BCUT2D eigenvalue weighted by Crippen LogP contribution is -2.19. The van der Waals surface area contributed by atoms with E-state index in [4.69, 9.17) is 21.3 Å². The van der Waals surface area contributed by atoms with E-state index in [9.17, 15) is 0 Å². The van der Waals surface area contributed by atoms with Gasteiger partial charge in [-0.05, 0) is 37.1 Å². The highest BCUT2D eigenvalue weighted by Gasteiger charge is 2.18. The summed E-state index contributed by atoms with van der Waals surface area (Å²) in [6, 6.07) is 15.6. The second kappa shape index (κ2) is 6.79. The molecule has 0 radical (unpaired) electrons. The Morgan fingerprint density at radius 3 is 2.96 bits per heavy atom. The monoisotopic (exact) mass is 379 g/mol. The zero-order valence-electron chi connectivity index (χ0n) is 14.6. The van der Waals surface area contributed by atoms with Crippen molar-refractivity contribution in [2.45, 2.75) is 18.9 Å². The number of anilines is 1. The lowest BCUT2D eigenvalue weighted by molar-refractivity contribution is 0.120. The van der Waals surface area contributed by atoms with Crippen molar-refractivity contribution in [1.82, 2.24) is 19.8 Å². The summed E-state index contributed by atoms with van der Waals surface area (Å²) in [5.41, 5.74) is 3.26. The van der Waals surface area contributed by atoms with Crippen LogP contribution in [-0.2, 0) is 4.74 Å². The zero-order chi connectivity index (χ0) is 18.2. The number of halogens is 1. The molecule has 2 aromatic heterocycles. The number of ether oxygens (including phenoxy) is 1. The van der Waals surface area contributed by atoms with Crippen LogP contribution in [0.15, 0.2) is 48.5 Å². The molecule has 1 N–H and O–H groups in total. The van der Waals surface area contributed by atoms with E-state index < -0.39 is 0 Å². The van der Waals surface area contributed by atoms with Gasteiger partial charge in [0.1, 0.15) is 11.5 Å². The van der Waals surface area contributed by atoms with Crippen molar-refractivity contribution in [1.29, 1.82) is 0 Å². The molecule has 1 atom stereocenters. The number of nitrogens with one attached hydrogen (secondary N) is 1. The fourth-order valence-electron chi connectivity index (χ4n) is 3.54. The lowest BCUT2D eigenvalue weighted by atomic mass is 10.1. The van der Waals surface area contributed by atoms with Crippen LogP contribution in [0.3, 0.4) is 0 Å². The van der Waals surface area contributed by atoms with Gasteiger partial charge in [0.15, 0.2) is 5.65 Å². The molecule has 27 heavy (non-hydrogen) atoms. The topological polar surface area (TPSA) is 64.3 Å². The molecule has 1 aliphatic rings. The van der Waals surface area contributed by atoms with Gasteiger partial charge in [0, 0.05) is 29.1 Å². The van der Waals surface area contributed by atoms with Gasteiger partial charge in [-0.1, -0.05) is 41.1 Å². The molecule has 1 aliphatic heterocycles. The molecule has 2 aromatic carbocycles. The Morgan fingerprint density at radius 1 is 1.19 bits per heavy atom. The summed E-state index contributed by atoms with van der Waals surface area (Å²) in [5, 5.41) is 13.8. The maximum Gasteiger partial charge on any atom is 0.186 e. The van der Waals surface area contributed by atoms with Gasteiger partial charge in [-0.25, -0.2) is 4.98 Å². The number of nitrogens with zero attached hydrogens (tertiary/aromatic N) is 4. The smallest absolute Gasteiger partial charge is 0.186 e. The SMILES string of the molecule is Clc1cccc(-c2nnn3c2nc(NC[C@@H]2CCCO2)c2ccccc23)c1. The van der Waals surface area contributed by atoms with E-state index in [1.165, 1.54) is 0 Å². The predicted octanol–water partition coefficient (Wildman–Crippen LogP) is 4.19. The summed E-state index contributed by atoms with van der Waals surface area (Å²) in [4.78, 5) is 4.86. The number of hydrogen-bond acceptors (Lipinski definition) is 5. The Balaban J connectivity index is 1.64. The first kappa shape index (κ1) is 16.5. The highest BCUT2D eigenvalue weighted by atomic mass is 35.5. The van der Waals surface area contributed by atoms with E-state index in [1.54, 1.807) is 4.52 Å². The second-order valence-electron chi connectivity index (χ2n) is 6.68. The van der Waals surface area contributed by atoms with Crippen molar-refractivity contribution in [3.8, 4) is 11.3 Å². The number of hydrogen-bond donors (Lipinski definition) is 1. The number of para-hydroxylation sites is 1. The molecule has 0 amide bonds. The molecule has 6 nitrogen and oxygen atoms in total. The summed E-state index contributed by atoms with van der Waals surface area (Å²) in [6.45, 7) is 1.58. The van der Waals surface area contributed by atoms with Crippen LogP contribution in [0.25, 0.3) is 27.8 Å². The minimum Gasteiger partial charge on any atom is -0.376 e. The first-order valence-corrected chi connectivity index (χ1v) is 9.43. The van der Waals surface area contributed by atoms with Crippen molar-refractivity contribution in [3.05, 3.63) is 53.6 Å². The van der Waals surface area contributed by atoms with Gasteiger partial charge >= 0.3 is 0 Å². The van der Waals surface area contributed by atoms with Crippen molar-refractivity contribution >= 4 is 34.0 Å². The Hall–Kier alpha value is -2.70. The average Bonchev–Trinajstić information content (AvgIpc) is 3.36. The van der Waals surface area contributed by atoms with Crippen LogP contribution in [-0.4, -0.2) is 39.1 Å². The van der Waals surface area contributed by atoms with E-state index in [2.05, 4.69) is 15.6 Å². The fourth-order valence-corrected chi connectivity index (χ4v) is 3.73. The first-order chi connectivity index (χ1) is 13.3. The van der Waals surface area contributed by atoms with Gasteiger partial charge in [-0.15, -0.1) is 5.10 Å². The number of aromatic nitrogens is 4. The lowest BCUT2D eigenvalue weighted by Gasteiger charge is -2.13. The molecule has 5 rings (SSSR count). The maximum absolute atomic E-state index is 6.16. The quantitative estimate of drug-likeness (QED) is 0.576. The third-order valence-electron chi connectivity index (χ3n) is 4.87. The Labute approximate surface area is 161 Å². The van der Waals surface area contributed by atoms with E-state index in [-0.39, 0.29) is 6.10 Å². The molecule has 1 fully saturated rings. The highest BCUT2D eigenvalue weighted by Crippen LogP contribution is 2.29. The minimum atomic E-state index is 0.234. The van der Waals surface area contributed by atoms with Gasteiger partial charge in [-0.3, -0.25) is 0 Å². The van der Waals surface area contributed by atoms with E-state index in [0.717, 1.165) is 48.3 Å². The normalized spacial score (nSPS) is 17.0. The van der Waals surface area contributed by atoms with Crippen LogP contribution in [0.4, 0.5) is 5.82 Å². The standard InChI is InChI=1S/C20H18ClN5O/c21-14-6-3-5-13(11-14)18-20-23-19(22-12-15-7-4-10-27-15)16-8-1-2-9-17(16)26(20)25-24-18/h1-3,5-6,8-9,11,15H,4,7,10,12H2,(H,22,23)/t15-/m0/s1. The van der Waals surface area contributed by atoms with Crippen LogP contribution in [0.2, 0.25) is 5.02 Å². The van der Waals surface area contributed by atoms with Gasteiger partial charge in [-0.2, -0.15) is 4.52 Å². The van der Waals surface area contributed by atoms with Crippen LogP contribution < -0.4 is 5.32 Å². The van der Waals surface area contributed by atoms with Gasteiger partial charge < -0.3 is 10.1 Å². The molecule has 0 saturated carbocycles. The van der Waals surface area contributed by atoms with Crippen molar-refractivity contribution < 1.29 is 4.74 Å². The van der Waals surface area contributed by atoms with Gasteiger partial charge in [0.2, 0.25) is 0 Å². The number of rotatable bonds is 4. The first-order valence-electron chi connectivity index (χ1n) is 9.05. The molecule has 0 bridgehead atoms. The molecule has 7 heteroatoms. The van der Waals surface area contributed by atoms with Crippen LogP contribution in [0.1, 0.15) is 12.8 Å². The zero-order valence-corrected chi connectivity index (χ0v) is 15.4. The Bertz CT molecular complexity index is 1120. The van der Waals surface area contributed by atoms with E-state index in [1.807, 2.05) is 48.5 Å². The van der Waals surface area contributed by atoms with Crippen LogP contribution >= 0.6 is 11.6 Å². The van der Waals surface area contributed by atoms with Crippen molar-refractivity contribution in [3.63, 3.8) is 0 Å². The van der Waals surface area contributed by atoms with Gasteiger partial charge in [0.05, 0.1) is 11.6 Å².